The third-order valence-electron chi connectivity index (χ3n) is 12.2. The lowest BCUT2D eigenvalue weighted by molar-refractivity contribution is -0.154. The molecule has 10 rings (SSSR count). The Labute approximate surface area is 499 Å². The van der Waals surface area contributed by atoms with Crippen molar-refractivity contribution in [3.63, 3.8) is 0 Å². The summed E-state index contributed by atoms with van der Waals surface area (Å²) in [5, 5.41) is 13.3. The first-order valence-electron chi connectivity index (χ1n) is 27.1. The van der Waals surface area contributed by atoms with E-state index in [1.54, 1.807) is 53.1 Å². The van der Waals surface area contributed by atoms with Gasteiger partial charge in [0.1, 0.15) is 80.5 Å². The molecule has 87 heavy (non-hydrogen) atoms. The average molecular weight is 1240 g/mol. The van der Waals surface area contributed by atoms with Gasteiger partial charge in [-0.1, -0.05) is 42.8 Å². The number of nitrogens with zero attached hydrogens (tertiary/aromatic N) is 9. The molecule has 27 heteroatoms. The quantitative estimate of drug-likeness (QED) is 0.0534. The zero-order valence-electron chi connectivity index (χ0n) is 49.1. The molecule has 0 unspecified atom stereocenters. The van der Waals surface area contributed by atoms with Crippen molar-refractivity contribution < 1.29 is 49.7 Å². The third kappa shape index (κ3) is 18.7. The van der Waals surface area contributed by atoms with E-state index in [4.69, 9.17) is 31.9 Å². The summed E-state index contributed by atoms with van der Waals surface area (Å²) in [5.74, 6) is -0.919. The van der Waals surface area contributed by atoms with Gasteiger partial charge in [-0.15, -0.1) is 0 Å². The van der Waals surface area contributed by atoms with Gasteiger partial charge in [-0.25, -0.2) is 38.7 Å². The molecular weight excluding hydrogens is 1170 g/mol. The molecule has 0 saturated carbocycles. The minimum atomic E-state index is -4.54. The SMILES string of the molecule is CC(C)(C)O.CCN(C(C)C)C(C)C.C[C@H](N)c1nc2cccc(F)c2c(=O)n1-c1cccc(OCC(F)(F)F)c1.C[C@H](Nc1ncnc2[nH]ccc12)c1nc2cccc(F)c2c(=O)n1-c1cccc(OCC(F)(F)F)c1.Clc1ncnc2[nH]ccc12. The Balaban J connectivity index is 0.000000205. The van der Waals surface area contributed by atoms with Gasteiger partial charge in [0, 0.05) is 36.6 Å². The molecule has 6 aromatic heterocycles. The first kappa shape index (κ1) is 67.5. The highest BCUT2D eigenvalue weighted by Crippen LogP contribution is 2.29. The summed E-state index contributed by atoms with van der Waals surface area (Å²) < 4.78 is 116. The van der Waals surface area contributed by atoms with E-state index in [1.807, 2.05) is 6.07 Å². The Kier molecular flexibility index (Phi) is 22.7. The number of alkyl halides is 6. The second kappa shape index (κ2) is 29.2. The van der Waals surface area contributed by atoms with Crippen molar-refractivity contribution in [2.75, 3.05) is 25.1 Å². The van der Waals surface area contributed by atoms with E-state index in [0.717, 1.165) is 38.8 Å². The molecule has 4 aromatic carbocycles. The smallest absolute Gasteiger partial charge is 0.422 e. The number of halogens is 9. The molecule has 18 nitrogen and oxygen atoms in total. The maximum absolute atomic E-state index is 14.7. The van der Waals surface area contributed by atoms with Gasteiger partial charge in [0.05, 0.1) is 50.9 Å². The molecule has 0 bridgehead atoms. The number of benzene rings is 4. The number of rotatable bonds is 13. The van der Waals surface area contributed by atoms with Gasteiger partial charge in [0.15, 0.2) is 13.2 Å². The van der Waals surface area contributed by atoms with Crippen LogP contribution in [0.15, 0.2) is 132 Å². The summed E-state index contributed by atoms with van der Waals surface area (Å²) >= 11 is 5.73. The zero-order chi connectivity index (χ0) is 64.1. The van der Waals surface area contributed by atoms with Crippen LogP contribution in [0.2, 0.25) is 5.15 Å². The van der Waals surface area contributed by atoms with Crippen LogP contribution in [-0.4, -0.2) is 109 Å². The van der Waals surface area contributed by atoms with Gasteiger partial charge in [-0.05, 0) is 130 Å². The molecule has 0 saturated heterocycles. The first-order valence-corrected chi connectivity index (χ1v) is 27.5. The number of nitrogens with two attached hydrogens (primary N) is 1. The highest BCUT2D eigenvalue weighted by molar-refractivity contribution is 6.33. The minimum Gasteiger partial charge on any atom is -0.484 e. The maximum Gasteiger partial charge on any atom is 0.422 e. The normalized spacial score (nSPS) is 12.4. The van der Waals surface area contributed by atoms with E-state index in [9.17, 15) is 44.7 Å². The highest BCUT2D eigenvalue weighted by atomic mass is 35.5. The lowest BCUT2D eigenvalue weighted by Crippen LogP contribution is -2.36. The molecular formula is C60H66ClF8N13O5. The van der Waals surface area contributed by atoms with Crippen molar-refractivity contribution >= 4 is 61.3 Å². The number of anilines is 1. The van der Waals surface area contributed by atoms with Crippen LogP contribution in [0.1, 0.15) is 93.0 Å². The van der Waals surface area contributed by atoms with Gasteiger partial charge in [-0.2, -0.15) is 26.3 Å². The summed E-state index contributed by atoms with van der Waals surface area (Å²) in [6, 6.07) is 22.8. The van der Waals surface area contributed by atoms with Crippen LogP contribution in [-0.2, 0) is 0 Å². The number of H-pyrrole nitrogens is 2. The van der Waals surface area contributed by atoms with Crippen LogP contribution in [0.3, 0.4) is 0 Å². The number of fused-ring (bicyclic) bond motifs is 4. The van der Waals surface area contributed by atoms with E-state index >= 15 is 0 Å². The largest absolute Gasteiger partial charge is 0.484 e. The number of ether oxygens (including phenoxy) is 2. The van der Waals surface area contributed by atoms with Gasteiger partial charge >= 0.3 is 12.4 Å². The second-order valence-electron chi connectivity index (χ2n) is 21.0. The molecule has 6 heterocycles. The Morgan fingerprint density at radius 3 is 1.49 bits per heavy atom. The van der Waals surface area contributed by atoms with Gasteiger partial charge in [0.2, 0.25) is 0 Å². The van der Waals surface area contributed by atoms with Crippen LogP contribution in [0.25, 0.3) is 55.2 Å². The first-order chi connectivity index (χ1) is 40.8. The van der Waals surface area contributed by atoms with Crippen LogP contribution in [0.4, 0.5) is 40.9 Å². The number of hydrogen-bond donors (Lipinski definition) is 5. The van der Waals surface area contributed by atoms with Gasteiger partial charge in [-0.3, -0.25) is 23.6 Å². The third-order valence-corrected chi connectivity index (χ3v) is 12.5. The van der Waals surface area contributed by atoms with Crippen molar-refractivity contribution in [1.82, 2.24) is 53.9 Å². The minimum absolute atomic E-state index is 0.0963. The monoisotopic (exact) mass is 1240 g/mol. The zero-order valence-corrected chi connectivity index (χ0v) is 49.8. The molecule has 10 aromatic rings. The highest BCUT2D eigenvalue weighted by Gasteiger charge is 2.30. The van der Waals surface area contributed by atoms with Crippen molar-refractivity contribution in [2.24, 2.45) is 5.73 Å². The molecule has 0 aliphatic heterocycles. The fraction of sp³-hybridized carbons (Fsp3) is 0.333. The summed E-state index contributed by atoms with van der Waals surface area (Å²) in [4.78, 5) is 59.8. The van der Waals surface area contributed by atoms with Crippen LogP contribution in [0, 0.1) is 11.6 Å². The van der Waals surface area contributed by atoms with E-state index in [2.05, 4.69) is 84.7 Å². The van der Waals surface area contributed by atoms with Crippen molar-refractivity contribution in [2.45, 2.75) is 111 Å². The molecule has 0 spiro atoms. The number of aromatic nitrogens is 10. The summed E-state index contributed by atoms with van der Waals surface area (Å²) in [6.45, 7) is 17.9. The van der Waals surface area contributed by atoms with E-state index in [1.165, 1.54) is 85.5 Å². The predicted molar refractivity (Wildman–Crippen MR) is 320 cm³/mol. The number of hydrogen-bond acceptors (Lipinski definition) is 14. The van der Waals surface area contributed by atoms with E-state index in [0.29, 0.717) is 34.1 Å². The molecule has 0 aliphatic rings. The second-order valence-corrected chi connectivity index (χ2v) is 21.4. The summed E-state index contributed by atoms with van der Waals surface area (Å²) in [6.07, 6.45) is -2.75. The van der Waals surface area contributed by atoms with Crippen molar-refractivity contribution in [3.8, 4) is 22.9 Å². The van der Waals surface area contributed by atoms with Crippen LogP contribution >= 0.6 is 11.6 Å². The van der Waals surface area contributed by atoms with Crippen LogP contribution in [0.5, 0.6) is 11.5 Å². The lowest BCUT2D eigenvalue weighted by Gasteiger charge is -2.28. The fourth-order valence-electron chi connectivity index (χ4n) is 8.69. The summed E-state index contributed by atoms with van der Waals surface area (Å²) in [5.41, 5.74) is 5.97. The fourth-order valence-corrected chi connectivity index (χ4v) is 8.88. The lowest BCUT2D eigenvalue weighted by atomic mass is 10.2. The number of aromatic amines is 2. The number of aliphatic hydroxyl groups is 1. The molecule has 2 atom stereocenters. The van der Waals surface area contributed by atoms with Gasteiger partial charge in [0.25, 0.3) is 11.1 Å². The van der Waals surface area contributed by atoms with E-state index < -0.39 is 66.0 Å². The molecule has 0 radical (unpaired) electrons. The maximum atomic E-state index is 14.7. The van der Waals surface area contributed by atoms with Gasteiger partial charge < -0.3 is 35.6 Å². The molecule has 6 N–H and O–H groups in total. The number of nitrogens with one attached hydrogen (secondary N) is 3. The Morgan fingerprint density at radius 2 is 1.07 bits per heavy atom. The van der Waals surface area contributed by atoms with Crippen LogP contribution < -0.4 is 31.6 Å². The Bertz CT molecular complexity index is 4020. The van der Waals surface area contributed by atoms with Crippen molar-refractivity contribution in [1.29, 1.82) is 0 Å². The average Bonchev–Trinajstić information content (AvgIpc) is 1.43. The van der Waals surface area contributed by atoms with Crippen molar-refractivity contribution in [3.05, 3.63) is 171 Å². The topological polar surface area (TPSA) is 233 Å². The Hall–Kier alpha value is -8.59. The standard InChI is InChI=1S/C24H18F4N6O2.C18H15F4N3O2.C8H19N.C6H4ClN3.C4H10O/c1-13(32-21-16-8-9-29-20(16)30-12-31-21)22-33-18-7-3-6-17(25)19(18)23(35)34(22)14-4-2-5-15(10-14)36-11-24(26,27)28;1-10(23)16-24-14-7-3-6-13(19)15(14)17(26)25(16)11-4-2-5-12(8-11)27-9-18(20,21)22;1-6-9(7(2)3)8(4)5;7-5-4-1-2-8-6(4)10-3-9-5;1-4(2,3)5/h2-10,12-13H,11H2,1H3,(H2,29,30,31,32);2-8,10H,9,23H2,1H3;7-8H,6H2,1-5H3;1-3H,(H,8,9,10);5H,1-3H3/t13-;10-;;;/m00.../s1. The molecule has 0 fully saturated rings. The molecule has 0 amide bonds. The summed E-state index contributed by atoms with van der Waals surface area (Å²) in [7, 11) is 0. The molecule has 0 aliphatic carbocycles. The Morgan fingerprint density at radius 1 is 0.644 bits per heavy atom. The molecule has 464 valence electrons. The van der Waals surface area contributed by atoms with E-state index in [-0.39, 0.29) is 56.3 Å². The predicted octanol–water partition coefficient (Wildman–Crippen LogP) is 12.9.